The Kier molecular flexibility index (Phi) is 6.92. The molecule has 4 aliphatic carbocycles. The van der Waals surface area contributed by atoms with Gasteiger partial charge in [0.2, 0.25) is 5.78 Å². The van der Waals surface area contributed by atoms with Crippen LogP contribution in [0.15, 0.2) is 67.8 Å². The number of aliphatic hydroxyl groups excluding tert-OH is 1. The van der Waals surface area contributed by atoms with Crippen LogP contribution in [0.25, 0.3) is 11.0 Å². The largest absolute Gasteiger partial charge is 0.507 e. The number of epoxide rings is 1. The number of phenols is 1. The number of aryl methyl sites for hydroxylation is 1. The number of allylic oxidation sites excluding steroid dienone is 4. The zero-order valence-corrected chi connectivity index (χ0v) is 29.8. The quantitative estimate of drug-likeness (QED) is 0.248. The van der Waals surface area contributed by atoms with E-state index in [1.807, 2.05) is 39.2 Å². The predicted octanol–water partition coefficient (Wildman–Crippen LogP) is 7.66. The Balaban J connectivity index is 0.000000163. The fourth-order valence-electron chi connectivity index (χ4n) is 11.3. The molecule has 9 heteroatoms. The SMILES string of the molecule is CC1(C)C(=O)C=CC2(C)C1=C(O)C(=O)C1(C)C2CCC2(C)C(c3ccoc3)CC3OC321.Cc1cc(=O)c2c(O)c3c(cc2o1)OCC(C)CC3. The molecule has 9 nitrogen and oxygen atoms in total. The molecule has 50 heavy (non-hydrogen) atoms. The second kappa shape index (κ2) is 10.5. The number of hydrogen-bond donors (Lipinski definition) is 2. The molecule has 9 rings (SSSR count). The molecule has 264 valence electrons. The van der Waals surface area contributed by atoms with Gasteiger partial charge in [-0.05, 0) is 101 Å². The van der Waals surface area contributed by atoms with Crippen LogP contribution in [0, 0.1) is 40.4 Å². The van der Waals surface area contributed by atoms with Crippen LogP contribution in [0.2, 0.25) is 0 Å². The van der Waals surface area contributed by atoms with Gasteiger partial charge in [-0.3, -0.25) is 14.4 Å². The Hall–Kier alpha value is -4.11. The number of fused-ring (bicyclic) bond motifs is 5. The first-order valence-corrected chi connectivity index (χ1v) is 17.9. The molecule has 1 aromatic carbocycles. The average Bonchev–Trinajstić information content (AvgIpc) is 3.49. The van der Waals surface area contributed by atoms with Crippen molar-refractivity contribution in [2.24, 2.45) is 33.5 Å². The van der Waals surface area contributed by atoms with Gasteiger partial charge in [0.15, 0.2) is 17.0 Å². The maximum absolute atomic E-state index is 14.0. The normalized spacial score (nSPS) is 37.7. The summed E-state index contributed by atoms with van der Waals surface area (Å²) in [6.07, 6.45) is 11.4. The Morgan fingerprint density at radius 1 is 1.00 bits per heavy atom. The van der Waals surface area contributed by atoms with E-state index in [1.54, 1.807) is 25.3 Å². The number of aliphatic hydroxyl groups is 1. The molecule has 2 N–H and O–H groups in total. The number of aromatic hydroxyl groups is 1. The number of benzene rings is 1. The van der Waals surface area contributed by atoms with Gasteiger partial charge in [0.25, 0.3) is 0 Å². The zero-order chi connectivity index (χ0) is 35.8. The maximum atomic E-state index is 14.0. The number of ether oxygens (including phenoxy) is 2. The van der Waals surface area contributed by atoms with Crippen LogP contribution >= 0.6 is 0 Å². The van der Waals surface area contributed by atoms with E-state index >= 15 is 0 Å². The van der Waals surface area contributed by atoms with Crippen molar-refractivity contribution in [1.29, 1.82) is 0 Å². The van der Waals surface area contributed by atoms with Crippen molar-refractivity contribution in [3.8, 4) is 11.5 Å². The van der Waals surface area contributed by atoms with Gasteiger partial charge < -0.3 is 28.5 Å². The Labute approximate surface area is 291 Å². The summed E-state index contributed by atoms with van der Waals surface area (Å²) in [6, 6.07) is 5.14. The molecular weight excluding hydrogens is 636 g/mol. The molecule has 1 saturated heterocycles. The lowest BCUT2D eigenvalue weighted by Crippen LogP contribution is -2.66. The third-order valence-electron chi connectivity index (χ3n) is 13.8. The van der Waals surface area contributed by atoms with Gasteiger partial charge in [-0.2, -0.15) is 0 Å². The molecule has 2 aliphatic heterocycles. The van der Waals surface area contributed by atoms with E-state index in [9.17, 15) is 24.6 Å². The third kappa shape index (κ3) is 4.01. The topological polar surface area (TPSA) is 140 Å². The van der Waals surface area contributed by atoms with E-state index in [1.165, 1.54) is 11.6 Å². The maximum Gasteiger partial charge on any atom is 0.206 e. The zero-order valence-electron chi connectivity index (χ0n) is 29.8. The summed E-state index contributed by atoms with van der Waals surface area (Å²) in [5.74, 6) is 1.28. The fraction of sp³-hybridized carbons (Fsp3) is 0.537. The first-order chi connectivity index (χ1) is 23.5. The van der Waals surface area contributed by atoms with Gasteiger partial charge in [0, 0.05) is 28.5 Å². The van der Waals surface area contributed by atoms with Crippen LogP contribution in [0.5, 0.6) is 11.5 Å². The second-order valence-corrected chi connectivity index (χ2v) is 16.8. The number of carbonyl (C=O) groups is 2. The van der Waals surface area contributed by atoms with Crippen molar-refractivity contribution in [3.63, 3.8) is 0 Å². The van der Waals surface area contributed by atoms with Crippen molar-refractivity contribution < 1.29 is 38.1 Å². The van der Waals surface area contributed by atoms with Crippen molar-refractivity contribution in [3.05, 3.63) is 81.3 Å². The number of ketones is 2. The highest BCUT2D eigenvalue weighted by molar-refractivity contribution is 6.06. The van der Waals surface area contributed by atoms with Gasteiger partial charge in [-0.15, -0.1) is 0 Å². The van der Waals surface area contributed by atoms with Crippen molar-refractivity contribution in [2.75, 3.05) is 6.61 Å². The molecule has 8 unspecified atom stereocenters. The minimum Gasteiger partial charge on any atom is -0.507 e. The summed E-state index contributed by atoms with van der Waals surface area (Å²) in [6.45, 7) is 14.5. The summed E-state index contributed by atoms with van der Waals surface area (Å²) >= 11 is 0. The van der Waals surface area contributed by atoms with Crippen LogP contribution in [0.3, 0.4) is 0 Å². The number of Topliss-reactive ketones (excluding diaryl/α,β-unsaturated/α-hetero) is 1. The summed E-state index contributed by atoms with van der Waals surface area (Å²) in [4.78, 5) is 38.7. The summed E-state index contributed by atoms with van der Waals surface area (Å²) in [5, 5.41) is 21.9. The highest BCUT2D eigenvalue weighted by Crippen LogP contribution is 2.81. The molecule has 8 atom stereocenters. The minimum atomic E-state index is -0.901. The highest BCUT2D eigenvalue weighted by atomic mass is 16.6. The first kappa shape index (κ1) is 33.1. The van der Waals surface area contributed by atoms with E-state index in [0.717, 1.165) is 25.7 Å². The van der Waals surface area contributed by atoms with E-state index < -0.39 is 21.8 Å². The molecular formula is C41H46O9. The Morgan fingerprint density at radius 2 is 1.76 bits per heavy atom. The second-order valence-electron chi connectivity index (χ2n) is 16.8. The molecule has 3 aromatic rings. The lowest BCUT2D eigenvalue weighted by atomic mass is 9.39. The molecule has 1 spiro atoms. The van der Waals surface area contributed by atoms with Gasteiger partial charge in [0.1, 0.15) is 33.8 Å². The van der Waals surface area contributed by atoms with E-state index in [2.05, 4.69) is 20.8 Å². The van der Waals surface area contributed by atoms with Crippen LogP contribution in [0.1, 0.15) is 90.0 Å². The van der Waals surface area contributed by atoms with E-state index in [0.29, 0.717) is 47.2 Å². The standard InChI is InChI=1S/C26H30O5.C15H16O4/c1-22(2)17(27)7-9-23(3)16-6-10-24(4)15(14-8-11-30-13-14)12-18-26(24,31-18)25(16,5)21(29)19(28)20(22)23;1-8-3-4-10-12(18-7-8)6-13-14(15(10)17)11(16)5-9(2)19-13/h7-9,11,13,15-16,18,28H,6,10,12H2,1-5H3;5-6,8,17H,3-4,7H2,1-2H3. The van der Waals surface area contributed by atoms with Crippen LogP contribution in [-0.4, -0.2) is 40.1 Å². The van der Waals surface area contributed by atoms with Crippen molar-refractivity contribution in [2.45, 2.75) is 98.2 Å². The molecule has 4 heterocycles. The molecule has 0 amide bonds. The Bertz CT molecular complexity index is 2080. The lowest BCUT2D eigenvalue weighted by molar-refractivity contribution is -0.162. The predicted molar refractivity (Wildman–Crippen MR) is 185 cm³/mol. The number of rotatable bonds is 1. The lowest BCUT2D eigenvalue weighted by Gasteiger charge is -2.62. The number of carbonyl (C=O) groups excluding carboxylic acids is 2. The average molecular weight is 683 g/mol. The minimum absolute atomic E-state index is 0.00527. The number of hydrogen-bond acceptors (Lipinski definition) is 9. The van der Waals surface area contributed by atoms with Crippen LogP contribution in [-0.2, 0) is 20.7 Å². The molecule has 2 aromatic heterocycles. The van der Waals surface area contributed by atoms with Gasteiger partial charge >= 0.3 is 0 Å². The van der Waals surface area contributed by atoms with Crippen LogP contribution in [0.4, 0.5) is 0 Å². The monoisotopic (exact) mass is 682 g/mol. The Morgan fingerprint density at radius 3 is 2.48 bits per heavy atom. The highest BCUT2D eigenvalue weighted by Gasteiger charge is 2.87. The third-order valence-corrected chi connectivity index (χ3v) is 13.8. The molecule has 0 radical (unpaired) electrons. The molecule has 2 saturated carbocycles. The van der Waals surface area contributed by atoms with Gasteiger partial charge in [-0.25, -0.2) is 0 Å². The van der Waals surface area contributed by atoms with Gasteiger partial charge in [-0.1, -0.05) is 26.8 Å². The van der Waals surface area contributed by atoms with Gasteiger partial charge in [0.05, 0.1) is 36.1 Å². The van der Waals surface area contributed by atoms with E-state index in [4.69, 9.17) is 18.3 Å². The van der Waals surface area contributed by atoms with Crippen molar-refractivity contribution in [1.82, 2.24) is 0 Å². The fourth-order valence-corrected chi connectivity index (χ4v) is 11.3. The smallest absolute Gasteiger partial charge is 0.206 e. The summed E-state index contributed by atoms with van der Waals surface area (Å²) < 4.78 is 23.1. The molecule has 6 aliphatic rings. The molecule has 3 fully saturated rings. The van der Waals surface area contributed by atoms with Crippen molar-refractivity contribution >= 4 is 22.5 Å². The summed E-state index contributed by atoms with van der Waals surface area (Å²) in [5.41, 5.74) is -0.511. The van der Waals surface area contributed by atoms with Crippen LogP contribution < -0.4 is 10.2 Å². The molecule has 0 bridgehead atoms. The first-order valence-electron chi connectivity index (χ1n) is 17.9. The summed E-state index contributed by atoms with van der Waals surface area (Å²) in [7, 11) is 0. The number of furan rings is 1. The number of phenolic OH excluding ortho intramolecular Hbond substituents is 1. The van der Waals surface area contributed by atoms with E-state index in [-0.39, 0.29) is 57.2 Å².